The maximum Gasteiger partial charge on any atom is 0.407 e. The highest BCUT2D eigenvalue weighted by atomic mass is 16.5. The van der Waals surface area contributed by atoms with Gasteiger partial charge in [0.05, 0.1) is 6.61 Å². The van der Waals surface area contributed by atoms with Gasteiger partial charge in [0.15, 0.2) is 0 Å². The molecule has 0 saturated heterocycles. The summed E-state index contributed by atoms with van der Waals surface area (Å²) in [6.45, 7) is 4.17. The van der Waals surface area contributed by atoms with Crippen molar-refractivity contribution in [3.63, 3.8) is 0 Å². The number of alkyl carbamates (subject to hydrolysis) is 1. The first-order chi connectivity index (χ1) is 6.83. The van der Waals surface area contributed by atoms with E-state index < -0.39 is 0 Å². The third-order valence-electron chi connectivity index (χ3n) is 2.55. The Kier molecular flexibility index (Phi) is 5.42. The van der Waals surface area contributed by atoms with E-state index in [4.69, 9.17) is 4.74 Å². The van der Waals surface area contributed by atoms with Crippen LogP contribution in [0.5, 0.6) is 0 Å². The fraction of sp³-hybridized carbons (Fsp3) is 0.818. The minimum atomic E-state index is -0.259. The van der Waals surface area contributed by atoms with Crippen molar-refractivity contribution in [3.05, 3.63) is 6.92 Å². The highest BCUT2D eigenvalue weighted by Gasteiger charge is 2.15. The van der Waals surface area contributed by atoms with Gasteiger partial charge in [0.25, 0.3) is 0 Å². The average Bonchev–Trinajstić information content (AvgIpc) is 2.20. The molecular weight excluding hydrogens is 178 g/mol. The molecule has 1 aliphatic rings. The van der Waals surface area contributed by atoms with Crippen LogP contribution >= 0.6 is 0 Å². The molecule has 1 radical (unpaired) electrons. The molecule has 0 aromatic heterocycles. The second-order valence-corrected chi connectivity index (χ2v) is 3.82. The van der Waals surface area contributed by atoms with Crippen LogP contribution in [-0.2, 0) is 4.74 Å². The smallest absolute Gasteiger partial charge is 0.407 e. The molecule has 1 N–H and O–H groups in total. The summed E-state index contributed by atoms with van der Waals surface area (Å²) >= 11 is 0. The molecule has 0 aromatic carbocycles. The number of hydrogen-bond donors (Lipinski definition) is 1. The summed E-state index contributed by atoms with van der Waals surface area (Å²) in [6, 6.07) is 0.344. The molecule has 0 aliphatic heterocycles. The molecule has 1 saturated carbocycles. The van der Waals surface area contributed by atoms with Crippen molar-refractivity contribution < 1.29 is 9.53 Å². The Labute approximate surface area is 86.2 Å². The zero-order valence-corrected chi connectivity index (χ0v) is 8.76. The van der Waals surface area contributed by atoms with Gasteiger partial charge in [0.1, 0.15) is 0 Å². The lowest BCUT2D eigenvalue weighted by Crippen LogP contribution is -2.36. The molecule has 3 heteroatoms. The third kappa shape index (κ3) is 4.49. The molecule has 0 atom stereocenters. The topological polar surface area (TPSA) is 38.3 Å². The van der Waals surface area contributed by atoms with E-state index in [0.29, 0.717) is 12.6 Å². The molecule has 14 heavy (non-hydrogen) atoms. The van der Waals surface area contributed by atoms with Crippen LogP contribution < -0.4 is 5.32 Å². The summed E-state index contributed by atoms with van der Waals surface area (Å²) in [7, 11) is 0. The Hall–Kier alpha value is -0.730. The summed E-state index contributed by atoms with van der Waals surface area (Å²) in [5.74, 6) is 0. The molecule has 0 unspecified atom stereocenters. The number of rotatable bonds is 4. The molecule has 81 valence electrons. The molecule has 1 aliphatic carbocycles. The standard InChI is InChI=1S/C11H20NO2/c1-2-3-9-14-11(13)12-10-7-5-4-6-8-10/h10H,1-9H2,(H,12,13). The quantitative estimate of drug-likeness (QED) is 0.705. The maximum absolute atomic E-state index is 11.2. The van der Waals surface area contributed by atoms with Gasteiger partial charge in [-0.1, -0.05) is 32.6 Å². The van der Waals surface area contributed by atoms with Crippen molar-refractivity contribution in [2.24, 2.45) is 0 Å². The molecule has 0 aromatic rings. The Morgan fingerprint density at radius 1 is 1.36 bits per heavy atom. The molecule has 0 heterocycles. The Morgan fingerprint density at radius 2 is 2.07 bits per heavy atom. The lowest BCUT2D eigenvalue weighted by atomic mass is 9.96. The summed E-state index contributed by atoms with van der Waals surface area (Å²) < 4.78 is 5.00. The first-order valence-electron chi connectivity index (χ1n) is 5.55. The van der Waals surface area contributed by atoms with Crippen molar-refractivity contribution in [1.29, 1.82) is 0 Å². The number of carbonyl (C=O) groups is 1. The lowest BCUT2D eigenvalue weighted by Gasteiger charge is -2.22. The van der Waals surface area contributed by atoms with E-state index in [2.05, 4.69) is 12.2 Å². The lowest BCUT2D eigenvalue weighted by molar-refractivity contribution is 0.138. The van der Waals surface area contributed by atoms with E-state index in [-0.39, 0.29) is 6.09 Å². The number of unbranched alkanes of at least 4 members (excludes halogenated alkanes) is 1. The van der Waals surface area contributed by atoms with Crippen LogP contribution in [0.3, 0.4) is 0 Å². The van der Waals surface area contributed by atoms with E-state index in [0.717, 1.165) is 25.7 Å². The van der Waals surface area contributed by atoms with Crippen molar-refractivity contribution in [2.75, 3.05) is 6.61 Å². The predicted octanol–water partition coefficient (Wildman–Crippen LogP) is 2.66. The molecule has 1 rings (SSSR count). The second-order valence-electron chi connectivity index (χ2n) is 3.82. The van der Waals surface area contributed by atoms with Crippen LogP contribution in [0.15, 0.2) is 0 Å². The normalized spacial score (nSPS) is 17.8. The molecule has 0 bridgehead atoms. The molecular formula is C11H20NO2. The summed E-state index contributed by atoms with van der Waals surface area (Å²) in [6.07, 6.45) is 7.36. The number of hydrogen-bond acceptors (Lipinski definition) is 2. The fourth-order valence-electron chi connectivity index (χ4n) is 1.72. The van der Waals surface area contributed by atoms with Crippen molar-refractivity contribution in [3.8, 4) is 0 Å². The average molecular weight is 198 g/mol. The van der Waals surface area contributed by atoms with Gasteiger partial charge >= 0.3 is 6.09 Å². The molecule has 1 amide bonds. The van der Waals surface area contributed by atoms with Gasteiger partial charge in [-0.3, -0.25) is 0 Å². The Morgan fingerprint density at radius 3 is 2.71 bits per heavy atom. The Bertz CT molecular complexity index is 165. The van der Waals surface area contributed by atoms with E-state index >= 15 is 0 Å². The van der Waals surface area contributed by atoms with Crippen LogP contribution in [0.1, 0.15) is 44.9 Å². The number of ether oxygens (including phenoxy) is 1. The SMILES string of the molecule is [CH2]CCCOC(=O)NC1CCCCC1. The predicted molar refractivity (Wildman–Crippen MR) is 55.9 cm³/mol. The molecule has 1 fully saturated rings. The first-order valence-corrected chi connectivity index (χ1v) is 5.55. The zero-order valence-electron chi connectivity index (χ0n) is 8.76. The van der Waals surface area contributed by atoms with E-state index in [1.54, 1.807) is 0 Å². The van der Waals surface area contributed by atoms with Gasteiger partial charge in [0.2, 0.25) is 0 Å². The maximum atomic E-state index is 11.2. The van der Waals surface area contributed by atoms with Crippen molar-refractivity contribution >= 4 is 6.09 Å². The molecule has 0 spiro atoms. The summed E-state index contributed by atoms with van der Waals surface area (Å²) in [5, 5.41) is 2.90. The van der Waals surface area contributed by atoms with Crippen molar-refractivity contribution in [1.82, 2.24) is 5.32 Å². The van der Waals surface area contributed by atoms with Gasteiger partial charge in [-0.25, -0.2) is 4.79 Å². The number of carbonyl (C=O) groups excluding carboxylic acids is 1. The van der Waals surface area contributed by atoms with Gasteiger partial charge in [-0.2, -0.15) is 0 Å². The summed E-state index contributed by atoms with van der Waals surface area (Å²) in [5.41, 5.74) is 0. The van der Waals surface area contributed by atoms with E-state index in [1.165, 1.54) is 19.3 Å². The number of amides is 1. The minimum absolute atomic E-state index is 0.259. The van der Waals surface area contributed by atoms with Crippen molar-refractivity contribution in [2.45, 2.75) is 51.0 Å². The van der Waals surface area contributed by atoms with Crippen LogP contribution in [0, 0.1) is 6.92 Å². The van der Waals surface area contributed by atoms with Crippen LogP contribution in [-0.4, -0.2) is 18.7 Å². The third-order valence-corrected chi connectivity index (χ3v) is 2.55. The second kappa shape index (κ2) is 6.68. The molecule has 3 nitrogen and oxygen atoms in total. The van der Waals surface area contributed by atoms with Gasteiger partial charge < -0.3 is 10.1 Å². The van der Waals surface area contributed by atoms with E-state index in [9.17, 15) is 4.79 Å². The summed E-state index contributed by atoms with van der Waals surface area (Å²) in [4.78, 5) is 11.2. The number of nitrogens with one attached hydrogen (secondary N) is 1. The van der Waals surface area contributed by atoms with Gasteiger partial charge in [0, 0.05) is 6.04 Å². The van der Waals surface area contributed by atoms with Crippen LogP contribution in [0.2, 0.25) is 0 Å². The zero-order chi connectivity index (χ0) is 10.2. The fourth-order valence-corrected chi connectivity index (χ4v) is 1.72. The highest BCUT2D eigenvalue weighted by Crippen LogP contribution is 2.17. The Balaban J connectivity index is 2.06. The largest absolute Gasteiger partial charge is 0.450 e. The first kappa shape index (κ1) is 11.3. The monoisotopic (exact) mass is 198 g/mol. The van der Waals surface area contributed by atoms with Gasteiger partial charge in [-0.15, -0.1) is 0 Å². The minimum Gasteiger partial charge on any atom is -0.450 e. The van der Waals surface area contributed by atoms with Crippen LogP contribution in [0.4, 0.5) is 4.79 Å². The van der Waals surface area contributed by atoms with Crippen LogP contribution in [0.25, 0.3) is 0 Å². The highest BCUT2D eigenvalue weighted by molar-refractivity contribution is 5.67. The van der Waals surface area contributed by atoms with E-state index in [1.807, 2.05) is 0 Å². The van der Waals surface area contributed by atoms with Gasteiger partial charge in [-0.05, 0) is 19.3 Å².